The van der Waals surface area contributed by atoms with Crippen molar-refractivity contribution < 1.29 is 4.42 Å². The van der Waals surface area contributed by atoms with Gasteiger partial charge in [0, 0.05) is 5.69 Å². The van der Waals surface area contributed by atoms with Crippen LogP contribution in [0.5, 0.6) is 0 Å². The van der Waals surface area contributed by atoms with Crippen molar-refractivity contribution in [2.24, 2.45) is 0 Å². The molecule has 5 heteroatoms. The predicted octanol–water partition coefficient (Wildman–Crippen LogP) is 3.56. The minimum atomic E-state index is -0.429. The van der Waals surface area contributed by atoms with Crippen molar-refractivity contribution in [3.63, 3.8) is 0 Å². The number of aryl methyl sites for hydroxylation is 2. The molecule has 0 saturated carbocycles. The summed E-state index contributed by atoms with van der Waals surface area (Å²) in [4.78, 5) is 16.7. The summed E-state index contributed by atoms with van der Waals surface area (Å²) in [6.07, 6.45) is 0. The van der Waals surface area contributed by atoms with Crippen LogP contribution in [0.2, 0.25) is 0 Å². The van der Waals surface area contributed by atoms with Crippen LogP contribution in [0.25, 0.3) is 10.9 Å². The largest absolute Gasteiger partial charge is 0.398 e. The Hall–Kier alpha value is -2.82. The van der Waals surface area contributed by atoms with Crippen molar-refractivity contribution in [1.82, 2.24) is 4.98 Å². The van der Waals surface area contributed by atoms with Crippen LogP contribution >= 0.6 is 0 Å². The first kappa shape index (κ1) is 15.1. The lowest BCUT2D eigenvalue weighted by atomic mass is 10.0. The number of fused-ring (bicyclic) bond motifs is 1. The third-order valence-electron chi connectivity index (χ3n) is 4.07. The van der Waals surface area contributed by atoms with Crippen LogP contribution in [0.3, 0.4) is 0 Å². The van der Waals surface area contributed by atoms with E-state index in [0.717, 1.165) is 11.1 Å². The van der Waals surface area contributed by atoms with Gasteiger partial charge < -0.3 is 15.5 Å². The Kier molecular flexibility index (Phi) is 3.78. The molecule has 0 aliphatic heterocycles. The van der Waals surface area contributed by atoms with Crippen molar-refractivity contribution >= 4 is 22.6 Å². The summed E-state index contributed by atoms with van der Waals surface area (Å²) in [5, 5.41) is 3.57. The van der Waals surface area contributed by atoms with Crippen LogP contribution in [-0.2, 0) is 0 Å². The van der Waals surface area contributed by atoms with Gasteiger partial charge in [0.25, 0.3) is 6.01 Å². The van der Waals surface area contributed by atoms with E-state index in [1.54, 1.807) is 0 Å². The summed E-state index contributed by atoms with van der Waals surface area (Å²) in [5.41, 5.74) is 9.45. The lowest BCUT2D eigenvalue weighted by molar-refractivity contribution is 0.510. The second kappa shape index (κ2) is 5.76. The molecule has 0 aliphatic rings. The Balaban J connectivity index is 2.03. The molecule has 1 heterocycles. The number of hydrogen-bond acceptors (Lipinski definition) is 5. The Labute approximate surface area is 134 Å². The van der Waals surface area contributed by atoms with Crippen molar-refractivity contribution in [2.75, 3.05) is 11.1 Å². The first-order chi connectivity index (χ1) is 11.0. The normalized spacial score (nSPS) is 12.3. The smallest absolute Gasteiger partial charge is 0.348 e. The summed E-state index contributed by atoms with van der Waals surface area (Å²) in [7, 11) is 0. The second-order valence-corrected chi connectivity index (χ2v) is 5.71. The first-order valence-electron chi connectivity index (χ1n) is 7.49. The van der Waals surface area contributed by atoms with Crippen LogP contribution in [-0.4, -0.2) is 4.98 Å². The topological polar surface area (TPSA) is 81.2 Å². The van der Waals surface area contributed by atoms with E-state index in [9.17, 15) is 4.79 Å². The summed E-state index contributed by atoms with van der Waals surface area (Å²) < 4.78 is 5.33. The van der Waals surface area contributed by atoms with Crippen molar-refractivity contribution in [3.05, 3.63) is 63.5 Å². The minimum Gasteiger partial charge on any atom is -0.398 e. The van der Waals surface area contributed by atoms with Crippen molar-refractivity contribution in [3.8, 4) is 0 Å². The quantitative estimate of drug-likeness (QED) is 0.723. The van der Waals surface area contributed by atoms with E-state index < -0.39 is 5.63 Å². The number of nitrogens with one attached hydrogen (secondary N) is 1. The first-order valence-corrected chi connectivity index (χ1v) is 7.49. The van der Waals surface area contributed by atoms with Crippen LogP contribution in [0.15, 0.2) is 45.6 Å². The maximum atomic E-state index is 12.3. The van der Waals surface area contributed by atoms with Gasteiger partial charge in [0.2, 0.25) is 0 Å². The highest BCUT2D eigenvalue weighted by Crippen LogP contribution is 2.25. The highest BCUT2D eigenvalue weighted by Gasteiger charge is 2.14. The average Bonchev–Trinajstić information content (AvgIpc) is 2.53. The average molecular weight is 309 g/mol. The van der Waals surface area contributed by atoms with Gasteiger partial charge in [-0.3, -0.25) is 0 Å². The Morgan fingerprint density at radius 2 is 1.91 bits per heavy atom. The third-order valence-corrected chi connectivity index (χ3v) is 4.07. The van der Waals surface area contributed by atoms with Gasteiger partial charge in [0.05, 0.1) is 16.9 Å². The van der Waals surface area contributed by atoms with Gasteiger partial charge in [0.15, 0.2) is 0 Å². The number of rotatable bonds is 3. The lowest BCUT2D eigenvalue weighted by Gasteiger charge is -2.14. The van der Waals surface area contributed by atoms with Crippen molar-refractivity contribution in [1.29, 1.82) is 0 Å². The van der Waals surface area contributed by atoms with E-state index in [-0.39, 0.29) is 12.1 Å². The van der Waals surface area contributed by atoms with Gasteiger partial charge in [-0.15, -0.1) is 0 Å². The lowest BCUT2D eigenvalue weighted by Crippen LogP contribution is -2.13. The Bertz CT molecular complexity index is 917. The molecule has 23 heavy (non-hydrogen) atoms. The van der Waals surface area contributed by atoms with E-state index in [1.807, 2.05) is 57.2 Å². The zero-order valence-electron chi connectivity index (χ0n) is 13.4. The molecular formula is C18H19N3O2. The molecule has 0 amide bonds. The highest BCUT2D eigenvalue weighted by molar-refractivity contribution is 5.87. The van der Waals surface area contributed by atoms with E-state index in [0.29, 0.717) is 22.2 Å². The SMILES string of the molecule is Cc1cc2nc(N[C@@H](C)c3ccccc3)oc(=O)c2c(C)c1N. The maximum absolute atomic E-state index is 12.3. The van der Waals surface area contributed by atoms with Crippen LogP contribution in [0, 0.1) is 13.8 Å². The summed E-state index contributed by atoms with van der Waals surface area (Å²) >= 11 is 0. The molecule has 0 aliphatic carbocycles. The Morgan fingerprint density at radius 1 is 1.22 bits per heavy atom. The third kappa shape index (κ3) is 2.77. The molecule has 1 atom stereocenters. The fraction of sp³-hybridized carbons (Fsp3) is 0.222. The number of benzene rings is 2. The number of aromatic nitrogens is 1. The second-order valence-electron chi connectivity index (χ2n) is 5.71. The summed E-state index contributed by atoms with van der Waals surface area (Å²) in [6.45, 7) is 5.70. The van der Waals surface area contributed by atoms with E-state index in [2.05, 4.69) is 10.3 Å². The molecule has 1 aromatic heterocycles. The standard InChI is InChI=1S/C18H19N3O2/c1-10-9-14-15(11(2)16(10)19)17(22)23-18(21-14)20-12(3)13-7-5-4-6-8-13/h4-9,12H,19H2,1-3H3,(H,20,21)/t12-/m0/s1. The molecule has 118 valence electrons. The fourth-order valence-electron chi connectivity index (χ4n) is 2.67. The molecule has 5 nitrogen and oxygen atoms in total. The molecule has 3 N–H and O–H groups in total. The number of nitrogens with zero attached hydrogens (tertiary/aromatic N) is 1. The number of nitrogens with two attached hydrogens (primary N) is 1. The zero-order valence-corrected chi connectivity index (χ0v) is 13.4. The van der Waals surface area contributed by atoms with Crippen LogP contribution in [0.1, 0.15) is 29.7 Å². The molecule has 2 aromatic carbocycles. The monoisotopic (exact) mass is 309 g/mol. The van der Waals surface area contributed by atoms with Gasteiger partial charge in [-0.25, -0.2) is 4.79 Å². The van der Waals surface area contributed by atoms with Gasteiger partial charge in [-0.05, 0) is 43.5 Å². The zero-order chi connectivity index (χ0) is 16.6. The maximum Gasteiger partial charge on any atom is 0.348 e. The summed E-state index contributed by atoms with van der Waals surface area (Å²) in [6, 6.07) is 11.9. The van der Waals surface area contributed by atoms with E-state index >= 15 is 0 Å². The number of hydrogen-bond donors (Lipinski definition) is 2. The summed E-state index contributed by atoms with van der Waals surface area (Å²) in [5.74, 6) is 0. The van der Waals surface area contributed by atoms with E-state index in [4.69, 9.17) is 10.2 Å². The molecule has 0 spiro atoms. The minimum absolute atomic E-state index is 0.0275. The molecule has 3 rings (SSSR count). The molecular weight excluding hydrogens is 290 g/mol. The predicted molar refractivity (Wildman–Crippen MR) is 92.6 cm³/mol. The number of nitrogen functional groups attached to an aromatic ring is 1. The molecule has 3 aromatic rings. The molecule has 0 fully saturated rings. The van der Waals surface area contributed by atoms with Crippen molar-refractivity contribution in [2.45, 2.75) is 26.8 Å². The molecule has 0 radical (unpaired) electrons. The molecule has 0 bridgehead atoms. The van der Waals surface area contributed by atoms with Crippen LogP contribution in [0.4, 0.5) is 11.7 Å². The van der Waals surface area contributed by atoms with Gasteiger partial charge >= 0.3 is 5.63 Å². The Morgan fingerprint density at radius 3 is 2.61 bits per heavy atom. The van der Waals surface area contributed by atoms with Gasteiger partial charge in [-0.2, -0.15) is 4.98 Å². The van der Waals surface area contributed by atoms with E-state index in [1.165, 1.54) is 0 Å². The highest BCUT2D eigenvalue weighted by atomic mass is 16.4. The van der Waals surface area contributed by atoms with Crippen LogP contribution < -0.4 is 16.7 Å². The molecule has 0 unspecified atom stereocenters. The van der Waals surface area contributed by atoms with Gasteiger partial charge in [0.1, 0.15) is 0 Å². The number of anilines is 2. The van der Waals surface area contributed by atoms with Gasteiger partial charge in [-0.1, -0.05) is 30.3 Å². The molecule has 0 saturated heterocycles. The fourth-order valence-corrected chi connectivity index (χ4v) is 2.67.